The minimum absolute atomic E-state index is 0.0747. The molecule has 0 rings (SSSR count). The van der Waals surface area contributed by atoms with Crippen LogP contribution in [0.4, 0.5) is 0 Å². The second kappa shape index (κ2) is 16.0. The molecule has 0 fully saturated rings. The normalized spacial score (nSPS) is 13.4. The Balaban J connectivity index is 3.52. The summed E-state index contributed by atoms with van der Waals surface area (Å²) in [6.07, 6.45) is 18.4. The van der Waals surface area contributed by atoms with Gasteiger partial charge in [0.05, 0.1) is 6.10 Å². The highest BCUT2D eigenvalue weighted by atomic mass is 32.5. The van der Waals surface area contributed by atoms with Gasteiger partial charge in [-0.3, -0.25) is 0 Å². The Morgan fingerprint density at radius 1 is 0.696 bits per heavy atom. The summed E-state index contributed by atoms with van der Waals surface area (Å²) in [4.78, 5) is 18.6. The van der Waals surface area contributed by atoms with Gasteiger partial charge >= 0.3 is 6.72 Å². The molecular formula is C18H39O3PS. The zero-order valence-corrected chi connectivity index (χ0v) is 17.1. The average molecular weight is 367 g/mol. The molecule has 0 amide bonds. The van der Waals surface area contributed by atoms with E-state index in [2.05, 4.69) is 25.7 Å². The molecule has 1 atom stereocenters. The predicted octanol–water partition coefficient (Wildman–Crippen LogP) is 6.47. The highest BCUT2D eigenvalue weighted by Crippen LogP contribution is 2.40. The summed E-state index contributed by atoms with van der Waals surface area (Å²) in [7, 11) is 0. The van der Waals surface area contributed by atoms with Gasteiger partial charge in [0.25, 0.3) is 0 Å². The molecule has 140 valence electrons. The Bertz CT molecular complexity index is 294. The number of unbranched alkanes of at least 4 members (excludes halogenated alkanes) is 11. The van der Waals surface area contributed by atoms with Crippen LogP contribution in [0.1, 0.15) is 110 Å². The Morgan fingerprint density at radius 3 is 1.52 bits per heavy atom. The van der Waals surface area contributed by atoms with Gasteiger partial charge in [-0.15, -0.1) is 0 Å². The van der Waals surface area contributed by atoms with Crippen LogP contribution in [0.2, 0.25) is 0 Å². The van der Waals surface area contributed by atoms with Crippen molar-refractivity contribution in [2.24, 2.45) is 0 Å². The van der Waals surface area contributed by atoms with Crippen molar-refractivity contribution in [3.8, 4) is 0 Å². The fraction of sp³-hybridized carbons (Fsp3) is 1.00. The van der Waals surface area contributed by atoms with E-state index in [9.17, 15) is 9.79 Å². The Labute approximate surface area is 149 Å². The van der Waals surface area contributed by atoms with E-state index in [0.29, 0.717) is 0 Å². The standard InChI is InChI=1S/C18H39O3PS/c1-3-5-7-8-9-10-11-12-13-14-15-17-18(16-6-4-2)21-22(19,20)23/h18H,3-17H2,1-2H3,(H2,19,20,23). The molecule has 1 unspecified atom stereocenters. The summed E-state index contributed by atoms with van der Waals surface area (Å²) in [6.45, 7) is 0.881. The molecule has 5 heteroatoms. The lowest BCUT2D eigenvalue weighted by Gasteiger charge is -2.19. The van der Waals surface area contributed by atoms with Crippen molar-refractivity contribution in [2.45, 2.75) is 116 Å². The summed E-state index contributed by atoms with van der Waals surface area (Å²) in [5.74, 6) is 0. The van der Waals surface area contributed by atoms with Gasteiger partial charge in [0.15, 0.2) is 0 Å². The van der Waals surface area contributed by atoms with Gasteiger partial charge in [-0.05, 0) is 24.6 Å². The fourth-order valence-electron chi connectivity index (χ4n) is 2.91. The van der Waals surface area contributed by atoms with Crippen LogP contribution in [0.25, 0.3) is 0 Å². The van der Waals surface area contributed by atoms with Crippen LogP contribution in [0, 0.1) is 0 Å². The SMILES string of the molecule is CCCCCCCCCCCCCC(CCCC)OP(O)(O)=S. The molecule has 0 radical (unpaired) electrons. The van der Waals surface area contributed by atoms with Gasteiger partial charge in [-0.1, -0.05) is 97.3 Å². The highest BCUT2D eigenvalue weighted by Gasteiger charge is 2.17. The molecule has 0 bridgehead atoms. The van der Waals surface area contributed by atoms with Gasteiger partial charge in [0.2, 0.25) is 0 Å². The van der Waals surface area contributed by atoms with Crippen LogP contribution < -0.4 is 0 Å². The maximum absolute atomic E-state index is 9.32. The third-order valence-electron chi connectivity index (χ3n) is 4.30. The van der Waals surface area contributed by atoms with Crippen molar-refractivity contribution in [1.29, 1.82) is 0 Å². The first kappa shape index (κ1) is 23.5. The average Bonchev–Trinajstić information content (AvgIpc) is 2.48. The van der Waals surface area contributed by atoms with E-state index in [0.717, 1.165) is 32.1 Å². The van der Waals surface area contributed by atoms with Crippen molar-refractivity contribution in [3.05, 3.63) is 0 Å². The second-order valence-electron chi connectivity index (χ2n) is 6.68. The molecule has 0 saturated heterocycles. The lowest BCUT2D eigenvalue weighted by Crippen LogP contribution is -2.11. The van der Waals surface area contributed by atoms with Crippen molar-refractivity contribution in [2.75, 3.05) is 0 Å². The van der Waals surface area contributed by atoms with Gasteiger partial charge in [-0.2, -0.15) is 0 Å². The Morgan fingerprint density at radius 2 is 1.09 bits per heavy atom. The van der Waals surface area contributed by atoms with Crippen molar-refractivity contribution < 1.29 is 14.3 Å². The maximum Gasteiger partial charge on any atom is 0.322 e. The predicted molar refractivity (Wildman–Crippen MR) is 104 cm³/mol. The summed E-state index contributed by atoms with van der Waals surface area (Å²) in [5, 5.41) is 0. The first-order valence-corrected chi connectivity index (χ1v) is 12.4. The van der Waals surface area contributed by atoms with Gasteiger partial charge in [0.1, 0.15) is 0 Å². The summed E-state index contributed by atoms with van der Waals surface area (Å²) >= 11 is 4.60. The third-order valence-corrected chi connectivity index (χ3v) is 5.13. The number of hydrogen-bond acceptors (Lipinski definition) is 2. The second-order valence-corrected chi connectivity index (χ2v) is 9.30. The molecule has 0 saturated carbocycles. The van der Waals surface area contributed by atoms with E-state index in [1.807, 2.05) is 0 Å². The van der Waals surface area contributed by atoms with Crippen LogP contribution >= 0.6 is 6.72 Å². The lowest BCUT2D eigenvalue weighted by molar-refractivity contribution is 0.146. The lowest BCUT2D eigenvalue weighted by atomic mass is 10.0. The third kappa shape index (κ3) is 18.7. The Kier molecular flexibility index (Phi) is 16.4. The van der Waals surface area contributed by atoms with Crippen LogP contribution in [0.3, 0.4) is 0 Å². The van der Waals surface area contributed by atoms with Gasteiger partial charge < -0.3 is 14.3 Å². The topological polar surface area (TPSA) is 49.7 Å². The largest absolute Gasteiger partial charge is 0.325 e. The molecule has 3 nitrogen and oxygen atoms in total. The monoisotopic (exact) mass is 366 g/mol. The summed E-state index contributed by atoms with van der Waals surface area (Å²) in [5.41, 5.74) is 0. The molecule has 0 spiro atoms. The molecular weight excluding hydrogens is 327 g/mol. The molecule has 0 aromatic rings. The van der Waals surface area contributed by atoms with Crippen LogP contribution in [0.5, 0.6) is 0 Å². The molecule has 0 aliphatic heterocycles. The van der Waals surface area contributed by atoms with E-state index in [1.165, 1.54) is 64.2 Å². The van der Waals surface area contributed by atoms with Crippen LogP contribution in [-0.4, -0.2) is 15.9 Å². The molecule has 0 aliphatic rings. The molecule has 2 N–H and O–H groups in total. The number of rotatable bonds is 17. The van der Waals surface area contributed by atoms with E-state index in [-0.39, 0.29) is 6.10 Å². The summed E-state index contributed by atoms with van der Waals surface area (Å²) < 4.78 is 5.27. The molecule has 23 heavy (non-hydrogen) atoms. The van der Waals surface area contributed by atoms with Crippen molar-refractivity contribution >= 4 is 18.5 Å². The van der Waals surface area contributed by atoms with Crippen molar-refractivity contribution in [1.82, 2.24) is 0 Å². The minimum atomic E-state index is -3.51. The molecule has 0 aliphatic carbocycles. The van der Waals surface area contributed by atoms with Crippen molar-refractivity contribution in [3.63, 3.8) is 0 Å². The quantitative estimate of drug-likeness (QED) is 0.229. The molecule has 0 aromatic heterocycles. The molecule has 0 aromatic carbocycles. The highest BCUT2D eigenvalue weighted by molar-refractivity contribution is 8.06. The van der Waals surface area contributed by atoms with E-state index in [1.54, 1.807) is 0 Å². The first-order chi connectivity index (χ1) is 11.0. The smallest absolute Gasteiger partial charge is 0.322 e. The molecule has 0 heterocycles. The zero-order chi connectivity index (χ0) is 17.4. The first-order valence-electron chi connectivity index (χ1n) is 9.73. The summed E-state index contributed by atoms with van der Waals surface area (Å²) in [6, 6.07) is 0. The Hall–Kier alpha value is 0.530. The van der Waals surface area contributed by atoms with Gasteiger partial charge in [0, 0.05) is 0 Å². The van der Waals surface area contributed by atoms with E-state index >= 15 is 0 Å². The maximum atomic E-state index is 9.32. The van der Waals surface area contributed by atoms with E-state index in [4.69, 9.17) is 4.52 Å². The zero-order valence-electron chi connectivity index (χ0n) is 15.3. The van der Waals surface area contributed by atoms with Crippen LogP contribution in [0.15, 0.2) is 0 Å². The fourth-order valence-corrected chi connectivity index (χ4v) is 3.88. The number of hydrogen-bond donors (Lipinski definition) is 2. The van der Waals surface area contributed by atoms with Gasteiger partial charge in [-0.25, -0.2) is 0 Å². The van der Waals surface area contributed by atoms with Crippen LogP contribution in [-0.2, 0) is 16.3 Å². The minimum Gasteiger partial charge on any atom is -0.325 e. The van der Waals surface area contributed by atoms with E-state index < -0.39 is 6.72 Å².